The van der Waals surface area contributed by atoms with Gasteiger partial charge >= 0.3 is 0 Å². The maximum absolute atomic E-state index is 9.03. The fraction of sp³-hybridized carbons (Fsp3) is 0.192. The van der Waals surface area contributed by atoms with Crippen LogP contribution in [0.15, 0.2) is 72.1 Å². The van der Waals surface area contributed by atoms with Crippen LogP contribution in [-0.2, 0) is 6.42 Å². The van der Waals surface area contributed by atoms with Gasteiger partial charge in [0.1, 0.15) is 23.6 Å². The van der Waals surface area contributed by atoms with Gasteiger partial charge in [-0.1, -0.05) is 41.6 Å². The first-order chi connectivity index (χ1) is 16.6. The molecule has 0 saturated carbocycles. The molecule has 0 fully saturated rings. The summed E-state index contributed by atoms with van der Waals surface area (Å²) in [6.45, 7) is 3.00. The average molecular weight is 458 g/mol. The minimum Gasteiger partial charge on any atom is -0.496 e. The van der Waals surface area contributed by atoms with Gasteiger partial charge in [0.05, 0.1) is 25.0 Å². The number of aromatic nitrogens is 2. The zero-order chi connectivity index (χ0) is 23.9. The van der Waals surface area contributed by atoms with Crippen LogP contribution in [0.2, 0.25) is 0 Å². The van der Waals surface area contributed by atoms with Gasteiger partial charge in [-0.3, -0.25) is 0 Å². The van der Waals surface area contributed by atoms with E-state index in [2.05, 4.69) is 38.6 Å². The molecule has 0 amide bonds. The Bertz CT molecular complexity index is 1320. The molecule has 0 aliphatic carbocycles. The van der Waals surface area contributed by atoms with Crippen molar-refractivity contribution in [3.8, 4) is 22.8 Å². The second-order valence-electron chi connectivity index (χ2n) is 7.56. The van der Waals surface area contributed by atoms with Crippen LogP contribution in [0.3, 0.4) is 0 Å². The molecular weight excluding hydrogens is 430 g/mol. The summed E-state index contributed by atoms with van der Waals surface area (Å²) in [6, 6.07) is 19.7. The van der Waals surface area contributed by atoms with Crippen LogP contribution in [0.5, 0.6) is 11.5 Å². The highest BCUT2D eigenvalue weighted by molar-refractivity contribution is 6.00. The van der Waals surface area contributed by atoms with Gasteiger partial charge in [-0.25, -0.2) is 9.97 Å². The molecule has 8 nitrogen and oxygen atoms in total. The van der Waals surface area contributed by atoms with E-state index in [1.807, 2.05) is 43.3 Å². The summed E-state index contributed by atoms with van der Waals surface area (Å²) in [5.41, 5.74) is 9.01. The Morgan fingerprint density at radius 2 is 1.91 bits per heavy atom. The van der Waals surface area contributed by atoms with Gasteiger partial charge < -0.3 is 25.7 Å². The molecule has 0 aliphatic rings. The molecule has 1 heterocycles. The van der Waals surface area contributed by atoms with Gasteiger partial charge in [-0.05, 0) is 42.3 Å². The summed E-state index contributed by atoms with van der Waals surface area (Å²) < 4.78 is 11.3. The number of amidine groups is 1. The molecular formula is C26H27N5O3. The number of methoxy groups -OCH3 is 1. The Kier molecular flexibility index (Phi) is 7.07. The number of hydrogen-bond donors (Lipinski definition) is 3. The van der Waals surface area contributed by atoms with Gasteiger partial charge in [0.15, 0.2) is 5.84 Å². The molecule has 0 radical (unpaired) electrons. The quantitative estimate of drug-likeness (QED) is 0.147. The molecule has 3 aromatic carbocycles. The molecule has 0 saturated heterocycles. The summed E-state index contributed by atoms with van der Waals surface area (Å²) in [4.78, 5) is 8.76. The minimum atomic E-state index is -0.0103. The number of benzene rings is 3. The molecule has 0 atom stereocenters. The normalized spacial score (nSPS) is 11.4. The fourth-order valence-corrected chi connectivity index (χ4v) is 3.91. The highest BCUT2D eigenvalue weighted by atomic mass is 16.5. The Morgan fingerprint density at radius 3 is 2.71 bits per heavy atom. The van der Waals surface area contributed by atoms with Crippen molar-refractivity contribution in [1.29, 1.82) is 0 Å². The number of hydrogen-bond acceptors (Lipinski definition) is 7. The number of oxime groups is 1. The second kappa shape index (κ2) is 10.5. The lowest BCUT2D eigenvalue weighted by Crippen LogP contribution is -2.15. The number of rotatable bonds is 9. The van der Waals surface area contributed by atoms with Crippen molar-refractivity contribution < 1.29 is 14.7 Å². The van der Waals surface area contributed by atoms with E-state index in [1.54, 1.807) is 13.2 Å². The number of nitrogens with two attached hydrogens (primary N) is 1. The fourth-order valence-electron chi connectivity index (χ4n) is 3.91. The largest absolute Gasteiger partial charge is 0.496 e. The van der Waals surface area contributed by atoms with E-state index in [-0.39, 0.29) is 5.84 Å². The zero-order valence-corrected chi connectivity index (χ0v) is 19.2. The lowest BCUT2D eigenvalue weighted by molar-refractivity contribution is 0.317. The highest BCUT2D eigenvalue weighted by Crippen LogP contribution is 2.29. The Morgan fingerprint density at radius 1 is 1.06 bits per heavy atom. The van der Waals surface area contributed by atoms with Gasteiger partial charge in [0, 0.05) is 23.7 Å². The summed E-state index contributed by atoms with van der Waals surface area (Å²) in [5, 5.41) is 17.9. The molecule has 1 aromatic heterocycles. The molecule has 174 valence electrons. The molecule has 4 N–H and O–H groups in total. The van der Waals surface area contributed by atoms with E-state index in [9.17, 15) is 0 Å². The lowest BCUT2D eigenvalue weighted by Gasteiger charge is -2.13. The van der Waals surface area contributed by atoms with Crippen molar-refractivity contribution in [2.24, 2.45) is 10.9 Å². The third-order valence-corrected chi connectivity index (χ3v) is 5.53. The molecule has 8 heteroatoms. The Hall–Kier alpha value is -4.33. The van der Waals surface area contributed by atoms with E-state index >= 15 is 0 Å². The van der Waals surface area contributed by atoms with Crippen molar-refractivity contribution in [2.45, 2.75) is 13.3 Å². The number of nitrogens with one attached hydrogen (secondary N) is 1. The van der Waals surface area contributed by atoms with Crippen LogP contribution in [0.4, 0.5) is 5.82 Å². The maximum atomic E-state index is 9.03. The van der Waals surface area contributed by atoms with E-state index in [4.69, 9.17) is 20.4 Å². The van der Waals surface area contributed by atoms with Gasteiger partial charge in [0.2, 0.25) is 0 Å². The molecule has 34 heavy (non-hydrogen) atoms. The Balaban J connectivity index is 1.53. The summed E-state index contributed by atoms with van der Waals surface area (Å²) >= 11 is 0. The predicted octanol–water partition coefficient (Wildman–Crippen LogP) is 4.45. The number of anilines is 1. The molecule has 4 aromatic rings. The molecule has 0 unspecified atom stereocenters. The van der Waals surface area contributed by atoms with E-state index in [0.29, 0.717) is 30.3 Å². The summed E-state index contributed by atoms with van der Waals surface area (Å²) in [5.74, 6) is 2.09. The molecule has 0 bridgehead atoms. The van der Waals surface area contributed by atoms with Crippen molar-refractivity contribution in [1.82, 2.24) is 9.97 Å². The smallest absolute Gasteiger partial charge is 0.173 e. The van der Waals surface area contributed by atoms with Crippen LogP contribution in [0, 0.1) is 0 Å². The second-order valence-corrected chi connectivity index (χ2v) is 7.56. The van der Waals surface area contributed by atoms with Crippen LogP contribution in [-0.4, -0.2) is 41.3 Å². The molecule has 0 spiro atoms. The van der Waals surface area contributed by atoms with Crippen molar-refractivity contribution in [2.75, 3.05) is 25.6 Å². The third kappa shape index (κ3) is 4.85. The van der Waals surface area contributed by atoms with Gasteiger partial charge in [-0.2, -0.15) is 0 Å². The van der Waals surface area contributed by atoms with Gasteiger partial charge in [0.25, 0.3) is 0 Å². The monoisotopic (exact) mass is 457 g/mol. The van der Waals surface area contributed by atoms with E-state index in [1.165, 1.54) is 17.1 Å². The van der Waals surface area contributed by atoms with E-state index in [0.717, 1.165) is 29.0 Å². The molecule has 4 rings (SSSR count). The van der Waals surface area contributed by atoms with Crippen molar-refractivity contribution in [3.63, 3.8) is 0 Å². The topological polar surface area (TPSA) is 115 Å². The van der Waals surface area contributed by atoms with Gasteiger partial charge in [-0.15, -0.1) is 0 Å². The highest BCUT2D eigenvalue weighted by Gasteiger charge is 2.12. The summed E-state index contributed by atoms with van der Waals surface area (Å²) in [6.07, 6.45) is 2.29. The van der Waals surface area contributed by atoms with Crippen LogP contribution >= 0.6 is 0 Å². The molecule has 0 aliphatic heterocycles. The Labute approximate surface area is 198 Å². The summed E-state index contributed by atoms with van der Waals surface area (Å²) in [7, 11) is 1.69. The first kappa shape index (κ1) is 22.8. The third-order valence-electron chi connectivity index (χ3n) is 5.53. The standard InChI is InChI=1S/C26H27N5O3/c1-3-34-24-14-18(8-10-21(24)26(27)31-32)22-15-25(30-16-29-22)28-13-12-20-19-7-5-4-6-17(19)9-11-23(20)33-2/h4-11,14-16,32H,3,12-13H2,1-2H3,(H2,27,31)(H,28,29,30). The van der Waals surface area contributed by atoms with Crippen LogP contribution in [0.25, 0.3) is 22.0 Å². The number of ether oxygens (including phenoxy) is 2. The predicted molar refractivity (Wildman–Crippen MR) is 134 cm³/mol. The van der Waals surface area contributed by atoms with Crippen molar-refractivity contribution in [3.05, 3.63) is 78.1 Å². The van der Waals surface area contributed by atoms with E-state index < -0.39 is 0 Å². The SMILES string of the molecule is CCOc1cc(-c2cc(NCCc3c(OC)ccc4ccccc34)ncn2)ccc1/C(N)=N/O. The zero-order valence-electron chi connectivity index (χ0n) is 19.2. The first-order valence-corrected chi connectivity index (χ1v) is 11.0. The maximum Gasteiger partial charge on any atom is 0.173 e. The minimum absolute atomic E-state index is 0.0103. The van der Waals surface area contributed by atoms with Crippen molar-refractivity contribution >= 4 is 22.4 Å². The van der Waals surface area contributed by atoms with Crippen LogP contribution < -0.4 is 20.5 Å². The average Bonchev–Trinajstić information content (AvgIpc) is 2.88. The number of nitrogens with zero attached hydrogens (tertiary/aromatic N) is 3. The first-order valence-electron chi connectivity index (χ1n) is 11.0. The number of fused-ring (bicyclic) bond motifs is 1. The van der Waals surface area contributed by atoms with Crippen LogP contribution in [0.1, 0.15) is 18.1 Å². The lowest BCUT2D eigenvalue weighted by atomic mass is 10.0.